The van der Waals surface area contributed by atoms with Crippen molar-refractivity contribution in [3.63, 3.8) is 0 Å². The molecule has 0 radical (unpaired) electrons. The molecule has 2 aliphatic heterocycles. The standard InChI is InChI=1S/C14H19N3O2/c1-10-7-17-8-12(4-5-13(17)15-10)16-14(18)11-3-2-6-19-9-11/h7,9,12H,2-6,8H2,1H3,(H,16,18). The Kier molecular flexibility index (Phi) is 3.27. The van der Waals surface area contributed by atoms with Crippen molar-refractivity contribution in [3.05, 3.63) is 29.6 Å². The van der Waals surface area contributed by atoms with Gasteiger partial charge < -0.3 is 14.6 Å². The molecule has 102 valence electrons. The van der Waals surface area contributed by atoms with Gasteiger partial charge in [0.25, 0.3) is 5.91 Å². The summed E-state index contributed by atoms with van der Waals surface area (Å²) in [7, 11) is 0. The average molecular weight is 261 g/mol. The lowest BCUT2D eigenvalue weighted by Crippen LogP contribution is -2.41. The summed E-state index contributed by atoms with van der Waals surface area (Å²) in [5.74, 6) is 1.15. The fourth-order valence-corrected chi connectivity index (χ4v) is 2.71. The van der Waals surface area contributed by atoms with Crippen molar-refractivity contribution < 1.29 is 9.53 Å². The molecule has 1 atom stereocenters. The van der Waals surface area contributed by atoms with Crippen molar-refractivity contribution in [1.82, 2.24) is 14.9 Å². The zero-order chi connectivity index (χ0) is 13.2. The molecule has 0 aliphatic carbocycles. The topological polar surface area (TPSA) is 56.2 Å². The number of fused-ring (bicyclic) bond motifs is 1. The summed E-state index contributed by atoms with van der Waals surface area (Å²) in [5, 5.41) is 3.10. The van der Waals surface area contributed by atoms with E-state index >= 15 is 0 Å². The van der Waals surface area contributed by atoms with Gasteiger partial charge in [0.15, 0.2) is 0 Å². The van der Waals surface area contributed by atoms with Gasteiger partial charge in [-0.3, -0.25) is 4.79 Å². The molecule has 0 bridgehead atoms. The quantitative estimate of drug-likeness (QED) is 0.873. The van der Waals surface area contributed by atoms with Crippen molar-refractivity contribution in [1.29, 1.82) is 0 Å². The van der Waals surface area contributed by atoms with Crippen LogP contribution in [-0.4, -0.2) is 28.1 Å². The van der Waals surface area contributed by atoms with Crippen molar-refractivity contribution in [3.8, 4) is 0 Å². The van der Waals surface area contributed by atoms with Gasteiger partial charge in [-0.15, -0.1) is 0 Å². The number of nitrogens with one attached hydrogen (secondary N) is 1. The summed E-state index contributed by atoms with van der Waals surface area (Å²) in [4.78, 5) is 16.6. The predicted octanol–water partition coefficient (Wildman–Crippen LogP) is 1.32. The largest absolute Gasteiger partial charge is 0.501 e. The number of imidazole rings is 1. The number of hydrogen-bond donors (Lipinski definition) is 1. The lowest BCUT2D eigenvalue weighted by molar-refractivity contribution is -0.118. The summed E-state index contributed by atoms with van der Waals surface area (Å²) in [6, 6.07) is 0.191. The van der Waals surface area contributed by atoms with E-state index in [4.69, 9.17) is 4.74 Å². The third-order valence-corrected chi connectivity index (χ3v) is 3.67. The van der Waals surface area contributed by atoms with E-state index in [1.807, 2.05) is 6.92 Å². The number of carbonyl (C=O) groups excluding carboxylic acids is 1. The number of carbonyl (C=O) groups is 1. The Morgan fingerprint density at radius 1 is 1.53 bits per heavy atom. The van der Waals surface area contributed by atoms with Crippen molar-refractivity contribution in [2.24, 2.45) is 0 Å². The van der Waals surface area contributed by atoms with Crippen LogP contribution in [0.15, 0.2) is 18.0 Å². The molecule has 2 aliphatic rings. The van der Waals surface area contributed by atoms with E-state index in [0.717, 1.165) is 55.9 Å². The first-order valence-electron chi connectivity index (χ1n) is 6.86. The van der Waals surface area contributed by atoms with Crippen LogP contribution < -0.4 is 5.32 Å². The maximum Gasteiger partial charge on any atom is 0.250 e. The minimum Gasteiger partial charge on any atom is -0.501 e. The maximum atomic E-state index is 12.1. The minimum atomic E-state index is 0.0185. The van der Waals surface area contributed by atoms with E-state index in [2.05, 4.69) is 21.1 Å². The van der Waals surface area contributed by atoms with Gasteiger partial charge in [0.05, 0.1) is 24.1 Å². The second-order valence-corrected chi connectivity index (χ2v) is 5.28. The fourth-order valence-electron chi connectivity index (χ4n) is 2.71. The highest BCUT2D eigenvalue weighted by atomic mass is 16.5. The van der Waals surface area contributed by atoms with Gasteiger partial charge in [0, 0.05) is 25.2 Å². The summed E-state index contributed by atoms with van der Waals surface area (Å²) >= 11 is 0. The molecule has 1 amide bonds. The molecular formula is C14H19N3O2. The number of nitrogens with zero attached hydrogens (tertiary/aromatic N) is 2. The number of aryl methyl sites for hydroxylation is 2. The third-order valence-electron chi connectivity index (χ3n) is 3.67. The van der Waals surface area contributed by atoms with Gasteiger partial charge in [0.2, 0.25) is 0 Å². The number of hydrogen-bond acceptors (Lipinski definition) is 3. The molecule has 0 fully saturated rings. The highest BCUT2D eigenvalue weighted by Gasteiger charge is 2.23. The molecule has 0 aromatic carbocycles. The van der Waals surface area contributed by atoms with Crippen molar-refractivity contribution in [2.45, 2.75) is 45.2 Å². The molecule has 5 heteroatoms. The van der Waals surface area contributed by atoms with Gasteiger partial charge >= 0.3 is 0 Å². The van der Waals surface area contributed by atoms with Crippen LogP contribution in [-0.2, 0) is 22.5 Å². The normalized spacial score (nSPS) is 22.2. The zero-order valence-corrected chi connectivity index (χ0v) is 11.2. The Labute approximate surface area is 112 Å². The van der Waals surface area contributed by atoms with Gasteiger partial charge in [0.1, 0.15) is 5.82 Å². The Morgan fingerprint density at radius 3 is 3.21 bits per heavy atom. The van der Waals surface area contributed by atoms with Crippen molar-refractivity contribution >= 4 is 5.91 Å². The van der Waals surface area contributed by atoms with Crippen LogP contribution >= 0.6 is 0 Å². The van der Waals surface area contributed by atoms with Gasteiger partial charge in [-0.1, -0.05) is 0 Å². The summed E-state index contributed by atoms with van der Waals surface area (Å²) in [5.41, 5.74) is 1.81. The Morgan fingerprint density at radius 2 is 2.42 bits per heavy atom. The number of ether oxygens (including phenoxy) is 1. The lowest BCUT2D eigenvalue weighted by Gasteiger charge is -2.25. The maximum absolute atomic E-state index is 12.1. The Hall–Kier alpha value is -1.78. The Bertz CT molecular complexity index is 519. The van der Waals surface area contributed by atoms with Crippen LogP contribution in [0.4, 0.5) is 0 Å². The molecule has 19 heavy (non-hydrogen) atoms. The summed E-state index contributed by atoms with van der Waals surface area (Å²) in [6.45, 7) is 3.54. The second kappa shape index (κ2) is 5.07. The monoisotopic (exact) mass is 261 g/mol. The smallest absolute Gasteiger partial charge is 0.250 e. The number of amides is 1. The molecule has 1 aromatic heterocycles. The first-order valence-corrected chi connectivity index (χ1v) is 6.86. The summed E-state index contributed by atoms with van der Waals surface area (Å²) in [6.07, 6.45) is 7.28. The van der Waals surface area contributed by atoms with E-state index in [9.17, 15) is 4.79 Å². The summed E-state index contributed by atoms with van der Waals surface area (Å²) < 4.78 is 7.36. The number of aromatic nitrogens is 2. The van der Waals surface area contributed by atoms with Gasteiger partial charge in [-0.25, -0.2) is 4.98 Å². The predicted molar refractivity (Wildman–Crippen MR) is 70.5 cm³/mol. The molecule has 3 rings (SSSR count). The molecule has 1 N–H and O–H groups in total. The van der Waals surface area contributed by atoms with E-state index < -0.39 is 0 Å². The lowest BCUT2D eigenvalue weighted by atomic mass is 10.1. The molecule has 0 saturated carbocycles. The van der Waals surface area contributed by atoms with Crippen LogP contribution in [0, 0.1) is 6.92 Å². The third kappa shape index (κ3) is 2.64. The van der Waals surface area contributed by atoms with Crippen LogP contribution in [0.2, 0.25) is 0 Å². The highest BCUT2D eigenvalue weighted by molar-refractivity contribution is 5.93. The molecule has 0 saturated heterocycles. The van der Waals surface area contributed by atoms with Crippen LogP contribution in [0.5, 0.6) is 0 Å². The first-order chi connectivity index (χ1) is 9.22. The van der Waals surface area contributed by atoms with E-state index in [1.165, 1.54) is 0 Å². The Balaban J connectivity index is 1.62. The molecular weight excluding hydrogens is 242 g/mol. The highest BCUT2D eigenvalue weighted by Crippen LogP contribution is 2.17. The van der Waals surface area contributed by atoms with E-state index in [1.54, 1.807) is 6.26 Å². The van der Waals surface area contributed by atoms with Crippen molar-refractivity contribution in [2.75, 3.05) is 6.61 Å². The van der Waals surface area contributed by atoms with Crippen LogP contribution in [0.25, 0.3) is 0 Å². The molecule has 0 spiro atoms. The van der Waals surface area contributed by atoms with Crippen LogP contribution in [0.1, 0.15) is 30.8 Å². The molecule has 5 nitrogen and oxygen atoms in total. The second-order valence-electron chi connectivity index (χ2n) is 5.28. The fraction of sp³-hybridized carbons (Fsp3) is 0.571. The SMILES string of the molecule is Cc1cn2c(n1)CCC(NC(=O)C1=COCCC1)C2. The van der Waals surface area contributed by atoms with E-state index in [-0.39, 0.29) is 11.9 Å². The zero-order valence-electron chi connectivity index (χ0n) is 11.2. The first kappa shape index (κ1) is 12.3. The molecule has 1 aromatic rings. The average Bonchev–Trinajstić information content (AvgIpc) is 2.79. The molecule has 1 unspecified atom stereocenters. The molecule has 3 heterocycles. The van der Waals surface area contributed by atoms with E-state index in [0.29, 0.717) is 0 Å². The number of rotatable bonds is 2. The van der Waals surface area contributed by atoms with Crippen LogP contribution in [0.3, 0.4) is 0 Å². The van der Waals surface area contributed by atoms with Gasteiger partial charge in [-0.2, -0.15) is 0 Å². The minimum absolute atomic E-state index is 0.0185. The van der Waals surface area contributed by atoms with Gasteiger partial charge in [-0.05, 0) is 26.2 Å².